The molecule has 4 N–H and O–H groups in total. The zero-order valence-electron chi connectivity index (χ0n) is 9.65. The molecule has 0 radical (unpaired) electrons. The van der Waals surface area contributed by atoms with Crippen molar-refractivity contribution < 1.29 is 4.79 Å². The highest BCUT2D eigenvalue weighted by atomic mass is 35.5. The summed E-state index contributed by atoms with van der Waals surface area (Å²) in [7, 11) is 0. The number of rotatable bonds is 3. The van der Waals surface area contributed by atoms with E-state index in [2.05, 4.69) is 15.7 Å². The van der Waals surface area contributed by atoms with Gasteiger partial charge >= 0.3 is 0 Å². The Bertz CT molecular complexity index is 618. The predicted molar refractivity (Wildman–Crippen MR) is 76.5 cm³/mol. The SMILES string of the molecule is NNc1ccncc1C(=O)Nc1cc(Cl)ccc1Cl. The number of anilines is 2. The maximum Gasteiger partial charge on any atom is 0.259 e. The van der Waals surface area contributed by atoms with Gasteiger partial charge in [-0.25, -0.2) is 0 Å². The highest BCUT2D eigenvalue weighted by molar-refractivity contribution is 6.36. The van der Waals surface area contributed by atoms with Gasteiger partial charge in [0.2, 0.25) is 0 Å². The number of amides is 1. The molecule has 0 fully saturated rings. The molecule has 0 unspecified atom stereocenters. The Morgan fingerprint density at radius 2 is 2.00 bits per heavy atom. The number of hydrogen-bond acceptors (Lipinski definition) is 4. The number of halogens is 2. The minimum atomic E-state index is -0.384. The molecule has 2 rings (SSSR count). The summed E-state index contributed by atoms with van der Waals surface area (Å²) in [5.41, 5.74) is 3.62. The van der Waals surface area contributed by atoms with Crippen LogP contribution >= 0.6 is 23.2 Å². The van der Waals surface area contributed by atoms with E-state index in [4.69, 9.17) is 29.0 Å². The number of benzene rings is 1. The summed E-state index contributed by atoms with van der Waals surface area (Å²) < 4.78 is 0. The Morgan fingerprint density at radius 3 is 2.74 bits per heavy atom. The number of nitrogens with two attached hydrogens (primary N) is 1. The Labute approximate surface area is 119 Å². The van der Waals surface area contributed by atoms with Crippen molar-refractivity contribution in [1.82, 2.24) is 4.98 Å². The van der Waals surface area contributed by atoms with E-state index in [9.17, 15) is 4.79 Å². The van der Waals surface area contributed by atoms with E-state index in [0.29, 0.717) is 27.0 Å². The number of carbonyl (C=O) groups is 1. The van der Waals surface area contributed by atoms with Gasteiger partial charge in [-0.1, -0.05) is 23.2 Å². The largest absolute Gasteiger partial charge is 0.323 e. The molecule has 19 heavy (non-hydrogen) atoms. The predicted octanol–water partition coefficient (Wildman–Crippen LogP) is 2.93. The zero-order valence-corrected chi connectivity index (χ0v) is 11.2. The molecule has 0 saturated carbocycles. The number of nitrogens with one attached hydrogen (secondary N) is 2. The molecule has 0 aliphatic rings. The number of pyridine rings is 1. The lowest BCUT2D eigenvalue weighted by atomic mass is 10.2. The van der Waals surface area contributed by atoms with Crippen LogP contribution in [0, 0.1) is 0 Å². The number of nitrogens with zero attached hydrogens (tertiary/aromatic N) is 1. The molecule has 0 aliphatic heterocycles. The van der Waals surface area contributed by atoms with E-state index in [1.165, 1.54) is 12.4 Å². The molecule has 5 nitrogen and oxygen atoms in total. The quantitative estimate of drug-likeness (QED) is 0.601. The second-order valence-electron chi connectivity index (χ2n) is 3.64. The normalized spacial score (nSPS) is 10.1. The van der Waals surface area contributed by atoms with Crippen molar-refractivity contribution in [3.63, 3.8) is 0 Å². The van der Waals surface area contributed by atoms with Crippen molar-refractivity contribution in [2.75, 3.05) is 10.7 Å². The summed E-state index contributed by atoms with van der Waals surface area (Å²) in [5, 5.41) is 3.52. The van der Waals surface area contributed by atoms with Gasteiger partial charge in [0.1, 0.15) is 0 Å². The number of hydrazine groups is 1. The third-order valence-electron chi connectivity index (χ3n) is 2.40. The van der Waals surface area contributed by atoms with Crippen LogP contribution in [0.25, 0.3) is 0 Å². The smallest absolute Gasteiger partial charge is 0.259 e. The molecule has 7 heteroatoms. The molecule has 0 bridgehead atoms. The molecule has 1 aromatic heterocycles. The Balaban J connectivity index is 2.28. The molecular weight excluding hydrogens is 287 g/mol. The highest BCUT2D eigenvalue weighted by Crippen LogP contribution is 2.26. The summed E-state index contributed by atoms with van der Waals surface area (Å²) in [4.78, 5) is 16.0. The van der Waals surface area contributed by atoms with Crippen LogP contribution in [0.1, 0.15) is 10.4 Å². The molecule has 1 aromatic carbocycles. The fraction of sp³-hybridized carbons (Fsp3) is 0. The Kier molecular flexibility index (Phi) is 4.21. The van der Waals surface area contributed by atoms with Gasteiger partial charge in [-0.15, -0.1) is 0 Å². The minimum absolute atomic E-state index is 0.307. The van der Waals surface area contributed by atoms with E-state index in [1.807, 2.05) is 0 Å². The lowest BCUT2D eigenvalue weighted by Crippen LogP contribution is -2.17. The molecule has 1 heterocycles. The molecule has 0 aliphatic carbocycles. The van der Waals surface area contributed by atoms with Crippen molar-refractivity contribution in [1.29, 1.82) is 0 Å². The van der Waals surface area contributed by atoms with Gasteiger partial charge in [-0.05, 0) is 24.3 Å². The molecule has 1 amide bonds. The molecule has 0 atom stereocenters. The maximum absolute atomic E-state index is 12.1. The number of carbonyl (C=O) groups excluding carboxylic acids is 1. The third-order valence-corrected chi connectivity index (χ3v) is 2.96. The van der Waals surface area contributed by atoms with Gasteiger partial charge in [0, 0.05) is 17.4 Å². The van der Waals surface area contributed by atoms with Crippen molar-refractivity contribution in [2.24, 2.45) is 5.84 Å². The minimum Gasteiger partial charge on any atom is -0.323 e. The van der Waals surface area contributed by atoms with Crippen LogP contribution in [0.15, 0.2) is 36.7 Å². The van der Waals surface area contributed by atoms with E-state index < -0.39 is 0 Å². The van der Waals surface area contributed by atoms with Crippen LogP contribution < -0.4 is 16.6 Å². The van der Waals surface area contributed by atoms with Gasteiger partial charge in [0.25, 0.3) is 5.91 Å². The number of hydrogen-bond donors (Lipinski definition) is 3. The van der Waals surface area contributed by atoms with Gasteiger partial charge < -0.3 is 10.7 Å². The van der Waals surface area contributed by atoms with Crippen LogP contribution in [0.2, 0.25) is 10.0 Å². The first-order chi connectivity index (χ1) is 9.11. The first kappa shape index (κ1) is 13.6. The first-order valence-electron chi connectivity index (χ1n) is 5.29. The van der Waals surface area contributed by atoms with Crippen molar-refractivity contribution in [2.45, 2.75) is 0 Å². The van der Waals surface area contributed by atoms with Gasteiger partial charge in [0.05, 0.1) is 22.0 Å². The van der Waals surface area contributed by atoms with Gasteiger partial charge in [-0.2, -0.15) is 0 Å². The van der Waals surface area contributed by atoms with Crippen LogP contribution in [0.3, 0.4) is 0 Å². The summed E-state index contributed by atoms with van der Waals surface area (Å²) in [5.74, 6) is 4.95. The molecule has 2 aromatic rings. The Morgan fingerprint density at radius 1 is 1.21 bits per heavy atom. The van der Waals surface area contributed by atoms with E-state index in [-0.39, 0.29) is 5.91 Å². The topological polar surface area (TPSA) is 80.0 Å². The van der Waals surface area contributed by atoms with Crippen LogP contribution in [0.5, 0.6) is 0 Å². The summed E-state index contributed by atoms with van der Waals surface area (Å²) in [6, 6.07) is 6.39. The standard InChI is InChI=1S/C12H10Cl2N4O/c13-7-1-2-9(14)11(5-7)17-12(19)8-6-16-4-3-10(8)18-15/h1-6H,15H2,(H,16,18)(H,17,19). The monoisotopic (exact) mass is 296 g/mol. The van der Waals surface area contributed by atoms with Crippen molar-refractivity contribution >= 4 is 40.5 Å². The first-order valence-corrected chi connectivity index (χ1v) is 6.04. The van der Waals surface area contributed by atoms with Crippen molar-refractivity contribution in [3.05, 3.63) is 52.3 Å². The van der Waals surface area contributed by atoms with E-state index >= 15 is 0 Å². The van der Waals surface area contributed by atoms with Crippen LogP contribution in [-0.4, -0.2) is 10.9 Å². The molecule has 98 valence electrons. The summed E-state index contributed by atoms with van der Waals surface area (Å²) >= 11 is 11.8. The second kappa shape index (κ2) is 5.88. The zero-order chi connectivity index (χ0) is 13.8. The number of aromatic nitrogens is 1. The number of nitrogen functional groups attached to an aromatic ring is 1. The lowest BCUT2D eigenvalue weighted by molar-refractivity contribution is 0.102. The maximum atomic E-state index is 12.1. The molecule has 0 spiro atoms. The average molecular weight is 297 g/mol. The molecular formula is C12H10Cl2N4O. The van der Waals surface area contributed by atoms with Crippen LogP contribution in [0.4, 0.5) is 11.4 Å². The van der Waals surface area contributed by atoms with Gasteiger partial charge in [-0.3, -0.25) is 15.6 Å². The van der Waals surface area contributed by atoms with E-state index in [0.717, 1.165) is 0 Å². The molecule has 0 saturated heterocycles. The van der Waals surface area contributed by atoms with E-state index in [1.54, 1.807) is 24.3 Å². The average Bonchev–Trinajstić information content (AvgIpc) is 2.42. The fourth-order valence-corrected chi connectivity index (χ4v) is 1.82. The third kappa shape index (κ3) is 3.14. The van der Waals surface area contributed by atoms with Gasteiger partial charge in [0.15, 0.2) is 0 Å². The highest BCUT2D eigenvalue weighted by Gasteiger charge is 2.13. The Hall–Kier alpha value is -1.82. The van der Waals surface area contributed by atoms with Crippen LogP contribution in [-0.2, 0) is 0 Å². The summed E-state index contributed by atoms with van der Waals surface area (Å²) in [6.07, 6.45) is 2.93. The fourth-order valence-electron chi connectivity index (χ4n) is 1.48. The lowest BCUT2D eigenvalue weighted by Gasteiger charge is -2.10. The summed E-state index contributed by atoms with van der Waals surface area (Å²) in [6.45, 7) is 0. The second-order valence-corrected chi connectivity index (χ2v) is 4.49. The van der Waals surface area contributed by atoms with Crippen molar-refractivity contribution in [3.8, 4) is 0 Å².